The molecule has 0 atom stereocenters. The molecule has 1 N–H and O–H groups in total. The van der Waals surface area contributed by atoms with Gasteiger partial charge in [-0.2, -0.15) is 0 Å². The van der Waals surface area contributed by atoms with Gasteiger partial charge in [0.2, 0.25) is 0 Å². The number of halogens is 1. The summed E-state index contributed by atoms with van der Waals surface area (Å²) in [6.45, 7) is 4.42. The minimum absolute atomic E-state index is 0.827. The van der Waals surface area contributed by atoms with Gasteiger partial charge in [0.25, 0.3) is 0 Å². The van der Waals surface area contributed by atoms with Gasteiger partial charge >= 0.3 is 0 Å². The molecule has 2 nitrogen and oxygen atoms in total. The second kappa shape index (κ2) is 6.61. The lowest BCUT2D eigenvalue weighted by molar-refractivity contribution is 0.331. The average molecular weight is 307 g/mol. The highest BCUT2D eigenvalue weighted by atomic mass is 35.5. The zero-order valence-corrected chi connectivity index (χ0v) is 13.0. The Kier molecular flexibility index (Phi) is 4.61. The van der Waals surface area contributed by atoms with Crippen LogP contribution in [0.25, 0.3) is 0 Å². The van der Waals surface area contributed by atoms with Crippen LogP contribution < -0.4 is 5.32 Å². The van der Waals surface area contributed by atoms with Gasteiger partial charge in [0, 0.05) is 29.0 Å². The molecule has 4 heteroatoms. The Balaban J connectivity index is 1.52. The van der Waals surface area contributed by atoms with E-state index in [-0.39, 0.29) is 0 Å². The molecule has 3 rings (SSSR count). The summed E-state index contributed by atoms with van der Waals surface area (Å²) < 4.78 is 0. The normalized spacial score (nSPS) is 15.7. The Bertz CT molecular complexity index is 544. The van der Waals surface area contributed by atoms with Crippen molar-refractivity contribution in [3.05, 3.63) is 51.2 Å². The van der Waals surface area contributed by atoms with E-state index in [1.54, 1.807) is 11.3 Å². The van der Waals surface area contributed by atoms with Crippen molar-refractivity contribution in [2.75, 3.05) is 18.4 Å². The van der Waals surface area contributed by atoms with E-state index in [1.807, 2.05) is 11.4 Å². The molecule has 1 aliphatic heterocycles. The van der Waals surface area contributed by atoms with Gasteiger partial charge in [-0.25, -0.2) is 0 Å². The van der Waals surface area contributed by atoms with Crippen molar-refractivity contribution in [1.29, 1.82) is 0 Å². The third-order valence-electron chi connectivity index (χ3n) is 3.65. The molecule has 1 aromatic heterocycles. The Hall–Kier alpha value is -1.03. The van der Waals surface area contributed by atoms with Crippen LogP contribution in [0, 0.1) is 0 Å². The number of hydrogen-bond acceptors (Lipinski definition) is 3. The van der Waals surface area contributed by atoms with Crippen LogP contribution in [0.15, 0.2) is 35.7 Å². The van der Waals surface area contributed by atoms with Crippen LogP contribution in [-0.4, -0.2) is 18.0 Å². The second-order valence-corrected chi connectivity index (χ2v) is 6.70. The fourth-order valence-corrected chi connectivity index (χ4v) is 3.58. The van der Waals surface area contributed by atoms with Gasteiger partial charge in [0.15, 0.2) is 0 Å². The predicted octanol–water partition coefficient (Wildman–Crippen LogP) is 4.61. The Morgan fingerprint density at radius 1 is 1.15 bits per heavy atom. The van der Waals surface area contributed by atoms with Gasteiger partial charge in [-0.05, 0) is 49.7 Å². The lowest BCUT2D eigenvalue weighted by Crippen LogP contribution is -2.18. The van der Waals surface area contributed by atoms with Gasteiger partial charge in [0.1, 0.15) is 0 Å². The van der Waals surface area contributed by atoms with Crippen LogP contribution in [-0.2, 0) is 13.1 Å². The Labute approximate surface area is 129 Å². The van der Waals surface area contributed by atoms with Crippen molar-refractivity contribution in [1.82, 2.24) is 4.90 Å². The van der Waals surface area contributed by atoms with Crippen LogP contribution >= 0.6 is 22.9 Å². The number of nitrogens with one attached hydrogen (secondary N) is 1. The summed E-state index contributed by atoms with van der Waals surface area (Å²) in [4.78, 5) is 3.78. The van der Waals surface area contributed by atoms with Crippen molar-refractivity contribution in [3.63, 3.8) is 0 Å². The first kappa shape index (κ1) is 13.9. The van der Waals surface area contributed by atoms with Crippen molar-refractivity contribution in [3.8, 4) is 0 Å². The maximum atomic E-state index is 5.92. The summed E-state index contributed by atoms with van der Waals surface area (Å²) in [5, 5.41) is 6.23. The molecular weight excluding hydrogens is 288 g/mol. The molecule has 0 radical (unpaired) electrons. The largest absolute Gasteiger partial charge is 0.380 e. The van der Waals surface area contributed by atoms with E-state index in [0.717, 1.165) is 18.1 Å². The number of anilines is 1. The van der Waals surface area contributed by atoms with E-state index < -0.39 is 0 Å². The summed E-state index contributed by atoms with van der Waals surface area (Å²) in [6, 6.07) is 10.8. The molecule has 20 heavy (non-hydrogen) atoms. The minimum atomic E-state index is 0.827. The highest BCUT2D eigenvalue weighted by Crippen LogP contribution is 2.21. The molecule has 2 heterocycles. The molecule has 0 saturated carbocycles. The van der Waals surface area contributed by atoms with Gasteiger partial charge < -0.3 is 5.32 Å². The number of likely N-dealkylation sites (tertiary alicyclic amines) is 1. The fraction of sp³-hybridized carbons (Fsp3) is 0.375. The number of hydrogen-bond donors (Lipinski definition) is 1. The van der Waals surface area contributed by atoms with Crippen LogP contribution in [0.4, 0.5) is 5.69 Å². The third-order valence-corrected chi connectivity index (χ3v) is 4.93. The monoisotopic (exact) mass is 306 g/mol. The van der Waals surface area contributed by atoms with Crippen molar-refractivity contribution in [2.24, 2.45) is 0 Å². The topological polar surface area (TPSA) is 15.3 Å². The summed E-state index contributed by atoms with van der Waals surface area (Å²) in [5.74, 6) is 0. The summed E-state index contributed by atoms with van der Waals surface area (Å²) >= 11 is 7.61. The quantitative estimate of drug-likeness (QED) is 0.868. The number of rotatable bonds is 5. The molecule has 0 spiro atoms. The Morgan fingerprint density at radius 3 is 2.55 bits per heavy atom. The molecule has 0 amide bonds. The first-order chi connectivity index (χ1) is 9.79. The summed E-state index contributed by atoms with van der Waals surface area (Å²) in [7, 11) is 0. The molecule has 1 aliphatic rings. The lowest BCUT2D eigenvalue weighted by Gasteiger charge is -2.14. The maximum Gasteiger partial charge on any atom is 0.0516 e. The van der Waals surface area contributed by atoms with Crippen LogP contribution in [0.5, 0.6) is 0 Å². The van der Waals surface area contributed by atoms with Crippen molar-refractivity contribution in [2.45, 2.75) is 25.9 Å². The minimum Gasteiger partial charge on any atom is -0.380 e. The molecular formula is C16H19ClN2S. The zero-order chi connectivity index (χ0) is 13.8. The first-order valence-corrected chi connectivity index (χ1v) is 8.33. The molecule has 0 aliphatic carbocycles. The SMILES string of the molecule is Clc1csc(CNc2ccc(CN3CCCC3)cc2)c1. The Morgan fingerprint density at radius 2 is 1.90 bits per heavy atom. The molecule has 1 saturated heterocycles. The highest BCUT2D eigenvalue weighted by molar-refractivity contribution is 7.10. The van der Waals surface area contributed by atoms with Gasteiger partial charge in [0.05, 0.1) is 5.02 Å². The number of nitrogens with zero attached hydrogens (tertiary/aromatic N) is 1. The number of thiophene rings is 1. The van der Waals surface area contributed by atoms with Crippen molar-refractivity contribution >= 4 is 28.6 Å². The molecule has 106 valence electrons. The fourth-order valence-electron chi connectivity index (χ4n) is 2.56. The van der Waals surface area contributed by atoms with Gasteiger partial charge in [-0.1, -0.05) is 23.7 Å². The summed E-state index contributed by atoms with van der Waals surface area (Å²) in [5.41, 5.74) is 2.57. The van der Waals surface area contributed by atoms with E-state index in [9.17, 15) is 0 Å². The molecule has 0 bridgehead atoms. The van der Waals surface area contributed by atoms with E-state index >= 15 is 0 Å². The first-order valence-electron chi connectivity index (χ1n) is 7.08. The van der Waals surface area contributed by atoms with Crippen molar-refractivity contribution < 1.29 is 0 Å². The van der Waals surface area contributed by atoms with E-state index in [0.29, 0.717) is 0 Å². The second-order valence-electron chi connectivity index (χ2n) is 5.26. The standard InChI is InChI=1S/C16H19ClN2S/c17-14-9-16(20-12-14)10-18-15-5-3-13(4-6-15)11-19-7-1-2-8-19/h3-6,9,12,18H,1-2,7-8,10-11H2. The van der Waals surface area contributed by atoms with E-state index in [1.165, 1.54) is 42.1 Å². The smallest absolute Gasteiger partial charge is 0.0516 e. The van der Waals surface area contributed by atoms with Gasteiger partial charge in [-0.3, -0.25) is 4.90 Å². The maximum absolute atomic E-state index is 5.92. The average Bonchev–Trinajstić information content (AvgIpc) is 3.10. The number of benzene rings is 1. The molecule has 2 aromatic rings. The van der Waals surface area contributed by atoms with E-state index in [4.69, 9.17) is 11.6 Å². The lowest BCUT2D eigenvalue weighted by atomic mass is 10.2. The third kappa shape index (κ3) is 3.75. The van der Waals surface area contributed by atoms with Crippen LogP contribution in [0.2, 0.25) is 5.02 Å². The predicted molar refractivity (Wildman–Crippen MR) is 87.6 cm³/mol. The molecule has 0 unspecified atom stereocenters. The zero-order valence-electron chi connectivity index (χ0n) is 11.4. The molecule has 1 aromatic carbocycles. The van der Waals surface area contributed by atoms with E-state index in [2.05, 4.69) is 34.5 Å². The van der Waals surface area contributed by atoms with Gasteiger partial charge in [-0.15, -0.1) is 11.3 Å². The van der Waals surface area contributed by atoms with Crippen LogP contribution in [0.3, 0.4) is 0 Å². The summed E-state index contributed by atoms with van der Waals surface area (Å²) in [6.07, 6.45) is 2.70. The van der Waals surface area contributed by atoms with Crippen LogP contribution in [0.1, 0.15) is 23.3 Å². The molecule has 1 fully saturated rings. The highest BCUT2D eigenvalue weighted by Gasteiger charge is 2.11.